The molecule has 3 aliphatic rings. The number of furan rings is 1. The zero-order valence-electron chi connectivity index (χ0n) is 18.9. The summed E-state index contributed by atoms with van der Waals surface area (Å²) in [5.74, 6) is 0.643. The van der Waals surface area contributed by atoms with Crippen molar-refractivity contribution in [2.24, 2.45) is 5.92 Å². The molecule has 2 aromatic rings. The van der Waals surface area contributed by atoms with Crippen molar-refractivity contribution in [1.82, 2.24) is 9.80 Å². The van der Waals surface area contributed by atoms with Crippen LogP contribution in [0.1, 0.15) is 47.8 Å². The molecule has 2 amide bonds. The second-order valence-corrected chi connectivity index (χ2v) is 8.80. The number of piperidine rings is 1. The molecule has 9 nitrogen and oxygen atoms in total. The molecule has 180 valence electrons. The first-order valence-electron chi connectivity index (χ1n) is 11.8. The number of benzene rings is 1. The maximum atomic E-state index is 12.9. The van der Waals surface area contributed by atoms with Gasteiger partial charge in [0.2, 0.25) is 0 Å². The predicted molar refractivity (Wildman–Crippen MR) is 119 cm³/mol. The van der Waals surface area contributed by atoms with Crippen molar-refractivity contribution in [1.29, 1.82) is 0 Å². The summed E-state index contributed by atoms with van der Waals surface area (Å²) in [6, 6.07) is 9.02. The molecular weight excluding hydrogens is 440 g/mol. The quantitative estimate of drug-likeness (QED) is 0.623. The number of likely N-dealkylation sites (tertiary alicyclic amines) is 2. The first kappa shape index (κ1) is 22.3. The molecule has 1 aromatic heterocycles. The average molecular weight is 469 g/mol. The Hall–Kier alpha value is -3.49. The molecule has 5 rings (SSSR count). The molecule has 0 bridgehead atoms. The number of fused-ring (bicyclic) bond motifs is 1. The van der Waals surface area contributed by atoms with Gasteiger partial charge in [-0.3, -0.25) is 14.4 Å². The Kier molecular flexibility index (Phi) is 6.42. The van der Waals surface area contributed by atoms with Gasteiger partial charge in [-0.15, -0.1) is 0 Å². The number of hydrogen-bond acceptors (Lipinski definition) is 7. The fourth-order valence-corrected chi connectivity index (χ4v) is 4.89. The van der Waals surface area contributed by atoms with E-state index in [0.29, 0.717) is 57.2 Å². The van der Waals surface area contributed by atoms with E-state index in [4.69, 9.17) is 18.6 Å². The Morgan fingerprint density at radius 3 is 2.53 bits per heavy atom. The van der Waals surface area contributed by atoms with Crippen molar-refractivity contribution in [3.8, 4) is 11.5 Å². The summed E-state index contributed by atoms with van der Waals surface area (Å²) >= 11 is 0. The second-order valence-electron chi connectivity index (χ2n) is 8.80. The van der Waals surface area contributed by atoms with E-state index in [-0.39, 0.29) is 36.4 Å². The molecule has 0 saturated carbocycles. The van der Waals surface area contributed by atoms with Crippen molar-refractivity contribution in [3.63, 3.8) is 0 Å². The van der Waals surface area contributed by atoms with Crippen LogP contribution in [0.3, 0.4) is 0 Å². The Bertz CT molecular complexity index is 1040. The Morgan fingerprint density at radius 1 is 0.971 bits per heavy atom. The first-order chi connectivity index (χ1) is 16.6. The zero-order valence-corrected chi connectivity index (χ0v) is 18.9. The van der Waals surface area contributed by atoms with E-state index in [9.17, 15) is 14.4 Å². The minimum absolute atomic E-state index is 0.0714. The lowest BCUT2D eigenvalue weighted by molar-refractivity contribution is -0.157. The molecule has 0 aliphatic carbocycles. The van der Waals surface area contributed by atoms with Crippen LogP contribution in [0.4, 0.5) is 0 Å². The van der Waals surface area contributed by atoms with E-state index < -0.39 is 0 Å². The minimum Gasteiger partial charge on any atom is -0.486 e. The van der Waals surface area contributed by atoms with Crippen LogP contribution >= 0.6 is 0 Å². The van der Waals surface area contributed by atoms with E-state index in [0.717, 1.165) is 24.2 Å². The van der Waals surface area contributed by atoms with Gasteiger partial charge in [-0.2, -0.15) is 0 Å². The lowest BCUT2D eigenvalue weighted by Crippen LogP contribution is -2.41. The third-order valence-electron chi connectivity index (χ3n) is 6.71. The molecule has 4 heterocycles. The lowest BCUT2D eigenvalue weighted by Gasteiger charge is -2.30. The molecule has 1 unspecified atom stereocenters. The third-order valence-corrected chi connectivity index (χ3v) is 6.71. The molecule has 0 N–H and O–H groups in total. The van der Waals surface area contributed by atoms with Gasteiger partial charge in [0.15, 0.2) is 23.9 Å². The standard InChI is InChI=1S/C25H28N2O7/c28-23(27-9-1-3-19(27)18-5-6-20-22(15-18)33-14-13-32-20)16-34-25(30)17-7-10-26(11-8-17)24(29)21-4-2-12-31-21/h2,4-6,12,15,17,19H,1,3,7-11,13-14,16H2. The van der Waals surface area contributed by atoms with Crippen LogP contribution < -0.4 is 9.47 Å². The molecule has 34 heavy (non-hydrogen) atoms. The normalized spacial score (nSPS) is 20.3. The van der Waals surface area contributed by atoms with Crippen LogP contribution in [-0.2, 0) is 14.3 Å². The van der Waals surface area contributed by atoms with Gasteiger partial charge in [0, 0.05) is 19.6 Å². The lowest BCUT2D eigenvalue weighted by atomic mass is 9.97. The number of hydrogen-bond donors (Lipinski definition) is 0. The number of ether oxygens (including phenoxy) is 3. The van der Waals surface area contributed by atoms with Crippen LogP contribution in [-0.4, -0.2) is 67.0 Å². The van der Waals surface area contributed by atoms with Gasteiger partial charge in [-0.05, 0) is 55.5 Å². The van der Waals surface area contributed by atoms with Gasteiger partial charge >= 0.3 is 5.97 Å². The highest BCUT2D eigenvalue weighted by atomic mass is 16.6. The Morgan fingerprint density at radius 2 is 1.76 bits per heavy atom. The average Bonchev–Trinajstić information content (AvgIpc) is 3.59. The number of carbonyl (C=O) groups is 3. The van der Waals surface area contributed by atoms with Crippen molar-refractivity contribution in [3.05, 3.63) is 47.9 Å². The topological polar surface area (TPSA) is 98.5 Å². The third kappa shape index (κ3) is 4.60. The van der Waals surface area contributed by atoms with Gasteiger partial charge in [0.05, 0.1) is 18.2 Å². The minimum atomic E-state index is -0.381. The first-order valence-corrected chi connectivity index (χ1v) is 11.8. The van der Waals surface area contributed by atoms with E-state index in [1.807, 2.05) is 18.2 Å². The molecule has 0 spiro atoms. The van der Waals surface area contributed by atoms with E-state index in [2.05, 4.69) is 0 Å². The summed E-state index contributed by atoms with van der Waals surface area (Å²) in [7, 11) is 0. The van der Waals surface area contributed by atoms with Crippen LogP contribution in [0, 0.1) is 5.92 Å². The van der Waals surface area contributed by atoms with Gasteiger partial charge in [0.1, 0.15) is 13.2 Å². The summed E-state index contributed by atoms with van der Waals surface area (Å²) in [5, 5.41) is 0. The molecular formula is C25H28N2O7. The maximum absolute atomic E-state index is 12.9. The summed E-state index contributed by atoms with van der Waals surface area (Å²) in [6.07, 6.45) is 4.21. The van der Waals surface area contributed by atoms with Crippen molar-refractivity contribution >= 4 is 17.8 Å². The highest BCUT2D eigenvalue weighted by Crippen LogP contribution is 2.38. The molecule has 0 radical (unpaired) electrons. The Labute approximate surface area is 197 Å². The summed E-state index contributed by atoms with van der Waals surface area (Å²) < 4.78 is 21.8. The molecule has 1 atom stereocenters. The number of esters is 1. The second kappa shape index (κ2) is 9.79. The summed E-state index contributed by atoms with van der Waals surface area (Å²) in [6.45, 7) is 2.30. The zero-order chi connectivity index (χ0) is 23.5. The highest BCUT2D eigenvalue weighted by Gasteiger charge is 2.33. The van der Waals surface area contributed by atoms with Crippen LogP contribution in [0.2, 0.25) is 0 Å². The van der Waals surface area contributed by atoms with Crippen molar-refractivity contribution in [2.45, 2.75) is 31.7 Å². The van der Waals surface area contributed by atoms with Crippen LogP contribution in [0.5, 0.6) is 11.5 Å². The fraction of sp³-hybridized carbons (Fsp3) is 0.480. The molecule has 9 heteroatoms. The van der Waals surface area contributed by atoms with Crippen LogP contribution in [0.25, 0.3) is 0 Å². The number of nitrogens with zero attached hydrogens (tertiary/aromatic N) is 2. The summed E-state index contributed by atoms with van der Waals surface area (Å²) in [5.41, 5.74) is 0.995. The predicted octanol–water partition coefficient (Wildman–Crippen LogP) is 2.81. The molecule has 2 fully saturated rings. The highest BCUT2D eigenvalue weighted by molar-refractivity contribution is 5.91. The maximum Gasteiger partial charge on any atom is 0.309 e. The molecule has 2 saturated heterocycles. The van der Waals surface area contributed by atoms with E-state index in [1.165, 1.54) is 6.26 Å². The monoisotopic (exact) mass is 468 g/mol. The fourth-order valence-electron chi connectivity index (χ4n) is 4.89. The van der Waals surface area contributed by atoms with Crippen molar-refractivity contribution in [2.75, 3.05) is 39.5 Å². The van der Waals surface area contributed by atoms with E-state index in [1.54, 1.807) is 21.9 Å². The van der Waals surface area contributed by atoms with Crippen LogP contribution in [0.15, 0.2) is 41.0 Å². The number of amides is 2. The molecule has 1 aromatic carbocycles. The molecule has 3 aliphatic heterocycles. The van der Waals surface area contributed by atoms with Gasteiger partial charge in [0.25, 0.3) is 11.8 Å². The van der Waals surface area contributed by atoms with Gasteiger partial charge < -0.3 is 28.4 Å². The smallest absolute Gasteiger partial charge is 0.309 e. The largest absolute Gasteiger partial charge is 0.486 e. The van der Waals surface area contributed by atoms with Gasteiger partial charge in [-0.25, -0.2) is 0 Å². The van der Waals surface area contributed by atoms with Gasteiger partial charge in [-0.1, -0.05) is 6.07 Å². The Balaban J connectivity index is 1.12. The van der Waals surface area contributed by atoms with Crippen molar-refractivity contribution < 1.29 is 33.0 Å². The van der Waals surface area contributed by atoms with E-state index >= 15 is 0 Å². The number of rotatable bonds is 5. The summed E-state index contributed by atoms with van der Waals surface area (Å²) in [4.78, 5) is 41.3. The number of carbonyl (C=O) groups excluding carboxylic acids is 3. The SMILES string of the molecule is O=C(OCC(=O)N1CCCC1c1ccc2c(c1)OCCO2)C1CCN(C(=O)c2ccco2)CC1.